The van der Waals surface area contributed by atoms with E-state index >= 15 is 0 Å². The fourth-order valence-electron chi connectivity index (χ4n) is 8.17. The highest BCUT2D eigenvalue weighted by Gasteiger charge is 2.60. The molecule has 208 valence electrons. The van der Waals surface area contributed by atoms with E-state index in [0.29, 0.717) is 6.61 Å². The molecule has 5 aromatic rings. The van der Waals surface area contributed by atoms with Crippen molar-refractivity contribution in [1.82, 2.24) is 0 Å². The highest BCUT2D eigenvalue weighted by Crippen LogP contribution is 2.53. The first kappa shape index (κ1) is 26.2. The summed E-state index contributed by atoms with van der Waals surface area (Å²) in [6, 6.07) is 29.4. The van der Waals surface area contributed by atoms with Gasteiger partial charge in [0.15, 0.2) is 11.7 Å². The Balaban J connectivity index is 1.53. The van der Waals surface area contributed by atoms with Gasteiger partial charge in [-0.25, -0.2) is 0 Å². The molecule has 0 radical (unpaired) electrons. The zero-order chi connectivity index (χ0) is 28.4. The number of allylic oxidation sites excluding steroid dienone is 1. The van der Waals surface area contributed by atoms with Crippen LogP contribution in [0.2, 0.25) is 0 Å². The molecule has 0 fully saturated rings. The number of ether oxygens (including phenoxy) is 2. The van der Waals surface area contributed by atoms with Gasteiger partial charge in [0.1, 0.15) is 6.10 Å². The number of benzene rings is 4. The number of hydrogen-bond donors (Lipinski definition) is 0. The smallest absolute Gasteiger partial charge is 0.213 e. The van der Waals surface area contributed by atoms with Gasteiger partial charge in [-0.3, -0.25) is 0 Å². The molecule has 3 heterocycles. The van der Waals surface area contributed by atoms with Crippen molar-refractivity contribution in [2.45, 2.75) is 77.0 Å². The molecular weight excluding hydrogens is 502 g/mol. The van der Waals surface area contributed by atoms with E-state index in [1.807, 2.05) is 0 Å². The van der Waals surface area contributed by atoms with Gasteiger partial charge < -0.3 is 9.47 Å². The molecule has 3 heteroatoms. The number of rotatable bonds is 4. The van der Waals surface area contributed by atoms with Crippen LogP contribution in [0.3, 0.4) is 0 Å². The van der Waals surface area contributed by atoms with E-state index in [0.717, 1.165) is 25.0 Å². The Kier molecular flexibility index (Phi) is 6.21. The minimum Gasteiger partial charge on any atom is -0.493 e. The van der Waals surface area contributed by atoms with Crippen LogP contribution in [0, 0.1) is 0 Å². The minimum atomic E-state index is -0.175. The van der Waals surface area contributed by atoms with Gasteiger partial charge in [0.25, 0.3) is 0 Å². The Morgan fingerprint density at radius 3 is 2.07 bits per heavy atom. The molecule has 4 aromatic carbocycles. The van der Waals surface area contributed by atoms with Gasteiger partial charge in [0.2, 0.25) is 5.69 Å². The quantitative estimate of drug-likeness (QED) is 0.167. The molecule has 0 bridgehead atoms. The average Bonchev–Trinajstić information content (AvgIpc) is 3.17. The Bertz CT molecular complexity index is 1840. The normalized spacial score (nSPS) is 25.8. The predicted octanol–water partition coefficient (Wildman–Crippen LogP) is 8.99. The van der Waals surface area contributed by atoms with Crippen LogP contribution in [0.25, 0.3) is 43.6 Å². The number of nitrogens with zero attached hydrogens (tertiary/aromatic N) is 1. The second kappa shape index (κ2) is 9.70. The van der Waals surface area contributed by atoms with Crippen LogP contribution in [0.1, 0.15) is 59.4 Å². The fraction of sp³-hybridized carbons (Fsp3) is 0.342. The molecule has 0 N–H and O–H groups in total. The van der Waals surface area contributed by atoms with Crippen molar-refractivity contribution >= 4 is 32.3 Å². The summed E-state index contributed by atoms with van der Waals surface area (Å²) in [5, 5.41) is 7.88. The van der Waals surface area contributed by atoms with Crippen LogP contribution in [-0.4, -0.2) is 18.8 Å². The van der Waals surface area contributed by atoms with E-state index in [1.54, 1.807) is 0 Å². The van der Waals surface area contributed by atoms with Crippen LogP contribution in [0.5, 0.6) is 0 Å². The van der Waals surface area contributed by atoms with Gasteiger partial charge in [0, 0.05) is 31.2 Å². The number of aromatic nitrogens is 1. The molecule has 0 amide bonds. The van der Waals surface area contributed by atoms with Crippen molar-refractivity contribution < 1.29 is 14.0 Å². The first-order chi connectivity index (χ1) is 19.9. The highest BCUT2D eigenvalue weighted by atomic mass is 16.5. The Hall–Kier alpha value is -3.69. The van der Waals surface area contributed by atoms with Crippen molar-refractivity contribution in [1.29, 1.82) is 0 Å². The topological polar surface area (TPSA) is 22.3 Å². The molecule has 41 heavy (non-hydrogen) atoms. The molecule has 3 nitrogen and oxygen atoms in total. The second-order valence-electron chi connectivity index (χ2n) is 12.3. The van der Waals surface area contributed by atoms with E-state index in [-0.39, 0.29) is 23.2 Å². The monoisotopic (exact) mass is 542 g/mol. The van der Waals surface area contributed by atoms with Gasteiger partial charge in [0.05, 0.1) is 34.8 Å². The third-order valence-corrected chi connectivity index (χ3v) is 10.3. The van der Waals surface area contributed by atoms with Gasteiger partial charge in [-0.1, -0.05) is 80.6 Å². The minimum absolute atomic E-state index is 0.0116. The third-order valence-electron chi connectivity index (χ3n) is 10.3. The Morgan fingerprint density at radius 1 is 0.805 bits per heavy atom. The van der Waals surface area contributed by atoms with Crippen LogP contribution in [-0.2, 0) is 20.4 Å². The van der Waals surface area contributed by atoms with Crippen LogP contribution in [0.15, 0.2) is 96.9 Å². The fourth-order valence-corrected chi connectivity index (χ4v) is 8.17. The van der Waals surface area contributed by atoms with Gasteiger partial charge in [-0.2, -0.15) is 4.57 Å². The lowest BCUT2D eigenvalue weighted by atomic mass is 9.57. The SMILES string of the molecule is CCC1(CC2COC(C)C=C(C)O2)c2ccccc2-c2cc3c4ccccc4c4ccccc4c3c[n+]2C1(C)CC. The molecular formula is C38H40NO2+. The molecule has 0 saturated heterocycles. The lowest BCUT2D eigenvalue weighted by molar-refractivity contribution is -0.765. The summed E-state index contributed by atoms with van der Waals surface area (Å²) in [6.07, 6.45) is 7.53. The summed E-state index contributed by atoms with van der Waals surface area (Å²) < 4.78 is 15.4. The Morgan fingerprint density at radius 2 is 1.41 bits per heavy atom. The van der Waals surface area contributed by atoms with Crippen molar-refractivity contribution in [2.24, 2.45) is 0 Å². The molecule has 0 spiro atoms. The third kappa shape index (κ3) is 3.78. The maximum absolute atomic E-state index is 6.56. The molecule has 4 atom stereocenters. The highest BCUT2D eigenvalue weighted by molar-refractivity contribution is 6.25. The van der Waals surface area contributed by atoms with Gasteiger partial charge in [-0.05, 0) is 59.5 Å². The van der Waals surface area contributed by atoms with Gasteiger partial charge in [-0.15, -0.1) is 0 Å². The van der Waals surface area contributed by atoms with E-state index in [1.165, 1.54) is 49.1 Å². The van der Waals surface area contributed by atoms with E-state index in [2.05, 4.69) is 130 Å². The number of fused-ring (bicyclic) bond motifs is 9. The van der Waals surface area contributed by atoms with E-state index < -0.39 is 0 Å². The summed E-state index contributed by atoms with van der Waals surface area (Å²) >= 11 is 0. The molecule has 7 rings (SSSR count). The van der Waals surface area contributed by atoms with Crippen molar-refractivity contribution in [3.05, 3.63) is 102 Å². The number of pyridine rings is 1. The average molecular weight is 543 g/mol. The van der Waals surface area contributed by atoms with Crippen molar-refractivity contribution in [3.63, 3.8) is 0 Å². The lowest BCUT2D eigenvalue weighted by Crippen LogP contribution is -2.69. The van der Waals surface area contributed by atoms with Crippen molar-refractivity contribution in [3.8, 4) is 11.3 Å². The summed E-state index contributed by atoms with van der Waals surface area (Å²) in [4.78, 5) is 0. The van der Waals surface area contributed by atoms with Crippen LogP contribution < -0.4 is 4.57 Å². The number of hydrogen-bond acceptors (Lipinski definition) is 2. The molecule has 2 aliphatic rings. The zero-order valence-corrected chi connectivity index (χ0v) is 24.9. The zero-order valence-electron chi connectivity index (χ0n) is 24.9. The lowest BCUT2D eigenvalue weighted by Gasteiger charge is -2.49. The van der Waals surface area contributed by atoms with Crippen LogP contribution >= 0.6 is 0 Å². The maximum atomic E-state index is 6.56. The van der Waals surface area contributed by atoms with Crippen molar-refractivity contribution in [2.75, 3.05) is 6.61 Å². The first-order valence-corrected chi connectivity index (χ1v) is 15.3. The van der Waals surface area contributed by atoms with Crippen LogP contribution in [0.4, 0.5) is 0 Å². The Labute approximate surface area is 243 Å². The van der Waals surface area contributed by atoms with E-state index in [4.69, 9.17) is 9.47 Å². The molecule has 1 aromatic heterocycles. The summed E-state index contributed by atoms with van der Waals surface area (Å²) in [5.74, 6) is 0.964. The molecule has 4 unspecified atom stereocenters. The summed E-state index contributed by atoms with van der Waals surface area (Å²) in [5.41, 5.74) is 3.74. The summed E-state index contributed by atoms with van der Waals surface area (Å²) in [6.45, 7) is 12.0. The second-order valence-corrected chi connectivity index (χ2v) is 12.3. The van der Waals surface area contributed by atoms with Gasteiger partial charge >= 0.3 is 0 Å². The maximum Gasteiger partial charge on any atom is 0.213 e. The molecule has 2 aliphatic heterocycles. The molecule has 0 aliphatic carbocycles. The summed E-state index contributed by atoms with van der Waals surface area (Å²) in [7, 11) is 0. The van der Waals surface area contributed by atoms with E-state index in [9.17, 15) is 0 Å². The standard InChI is InChI=1S/C38H40NO2/c1-6-37(5)38(7-2,22-27-24-40-25(3)20-26(4)41-27)35-19-13-12-18-32(35)36-21-33-30-16-10-8-14-28(30)29-15-9-11-17-31(29)34(33)23-39(36)37/h8-21,23,25,27H,6-7,22,24H2,1-5H3/q+1. The largest absolute Gasteiger partial charge is 0.493 e. The predicted molar refractivity (Wildman–Crippen MR) is 169 cm³/mol. The molecule has 0 saturated carbocycles. The first-order valence-electron chi connectivity index (χ1n) is 15.3.